The SMILES string of the molecule is CCNC(=NCc1ccc(N2CC=CC2)cc1)N1CCC(c2cnn(C)c2)C1.I. The first-order valence-corrected chi connectivity index (χ1v) is 10.2. The van der Waals surface area contributed by atoms with Crippen molar-refractivity contribution in [1.29, 1.82) is 0 Å². The lowest BCUT2D eigenvalue weighted by Crippen LogP contribution is -2.40. The molecule has 1 N–H and O–H groups in total. The van der Waals surface area contributed by atoms with E-state index in [0.29, 0.717) is 12.5 Å². The van der Waals surface area contributed by atoms with Crippen molar-refractivity contribution in [3.8, 4) is 0 Å². The molecule has 0 saturated carbocycles. The first-order chi connectivity index (χ1) is 13.7. The van der Waals surface area contributed by atoms with Crippen LogP contribution < -0.4 is 10.2 Å². The second-order valence-corrected chi connectivity index (χ2v) is 7.59. The van der Waals surface area contributed by atoms with Gasteiger partial charge in [0.15, 0.2) is 5.96 Å². The number of hydrogen-bond donors (Lipinski definition) is 1. The highest BCUT2D eigenvalue weighted by atomic mass is 127. The molecule has 0 bridgehead atoms. The molecule has 156 valence electrons. The normalized spacial score (nSPS) is 19.0. The molecule has 7 heteroatoms. The van der Waals surface area contributed by atoms with Crippen molar-refractivity contribution in [2.24, 2.45) is 12.0 Å². The van der Waals surface area contributed by atoms with Gasteiger partial charge in [0.25, 0.3) is 0 Å². The van der Waals surface area contributed by atoms with Crippen molar-refractivity contribution in [2.45, 2.75) is 25.8 Å². The number of halogens is 1. The Morgan fingerprint density at radius 2 is 1.97 bits per heavy atom. The zero-order valence-electron chi connectivity index (χ0n) is 17.3. The number of guanidine groups is 1. The highest BCUT2D eigenvalue weighted by molar-refractivity contribution is 14.0. The molecule has 1 aromatic carbocycles. The Balaban J connectivity index is 0.00000240. The van der Waals surface area contributed by atoms with Crippen LogP contribution in [0.5, 0.6) is 0 Å². The zero-order chi connectivity index (χ0) is 19.3. The van der Waals surface area contributed by atoms with Crippen LogP contribution in [0.3, 0.4) is 0 Å². The molecule has 1 unspecified atom stereocenters. The summed E-state index contributed by atoms with van der Waals surface area (Å²) >= 11 is 0. The minimum atomic E-state index is 0. The third-order valence-corrected chi connectivity index (χ3v) is 5.55. The quantitative estimate of drug-likeness (QED) is 0.293. The van der Waals surface area contributed by atoms with E-state index in [1.807, 2.05) is 17.9 Å². The summed E-state index contributed by atoms with van der Waals surface area (Å²) < 4.78 is 1.89. The van der Waals surface area contributed by atoms with Crippen LogP contribution in [0.15, 0.2) is 53.8 Å². The van der Waals surface area contributed by atoms with Gasteiger partial charge < -0.3 is 15.1 Å². The fraction of sp³-hybridized carbons (Fsp3) is 0.455. The molecule has 4 rings (SSSR count). The smallest absolute Gasteiger partial charge is 0.194 e. The highest BCUT2D eigenvalue weighted by Crippen LogP contribution is 2.26. The molecule has 2 aliphatic rings. The average Bonchev–Trinajstić information content (AvgIpc) is 3.46. The molecule has 2 aliphatic heterocycles. The number of rotatable bonds is 5. The third kappa shape index (κ3) is 5.32. The molecule has 0 spiro atoms. The van der Waals surface area contributed by atoms with Crippen molar-refractivity contribution in [2.75, 3.05) is 37.6 Å². The van der Waals surface area contributed by atoms with Crippen LogP contribution in [0.1, 0.15) is 30.4 Å². The van der Waals surface area contributed by atoms with E-state index in [2.05, 4.69) is 69.8 Å². The topological polar surface area (TPSA) is 48.7 Å². The molecule has 1 saturated heterocycles. The van der Waals surface area contributed by atoms with Gasteiger partial charge in [-0.25, -0.2) is 4.99 Å². The number of anilines is 1. The highest BCUT2D eigenvalue weighted by Gasteiger charge is 2.26. The van der Waals surface area contributed by atoms with Crippen molar-refractivity contribution in [3.63, 3.8) is 0 Å². The van der Waals surface area contributed by atoms with Crippen LogP contribution in [0.25, 0.3) is 0 Å². The second-order valence-electron chi connectivity index (χ2n) is 7.59. The molecule has 0 amide bonds. The molecular weight excluding hydrogens is 475 g/mol. The molecule has 6 nitrogen and oxygen atoms in total. The molecule has 0 radical (unpaired) electrons. The van der Waals surface area contributed by atoms with Gasteiger partial charge in [0, 0.05) is 57.6 Å². The number of aliphatic imine (C=N–C) groups is 1. The largest absolute Gasteiger partial charge is 0.364 e. The molecule has 1 atom stereocenters. The van der Waals surface area contributed by atoms with Crippen molar-refractivity contribution < 1.29 is 0 Å². The van der Waals surface area contributed by atoms with Crippen LogP contribution in [-0.2, 0) is 13.6 Å². The maximum absolute atomic E-state index is 4.91. The average molecular weight is 506 g/mol. The van der Waals surface area contributed by atoms with Crippen molar-refractivity contribution >= 4 is 35.6 Å². The summed E-state index contributed by atoms with van der Waals surface area (Å²) in [6.45, 7) is 7.76. The van der Waals surface area contributed by atoms with E-state index in [1.54, 1.807) is 0 Å². The summed E-state index contributed by atoms with van der Waals surface area (Å²) in [5.74, 6) is 1.55. The predicted molar refractivity (Wildman–Crippen MR) is 130 cm³/mol. The van der Waals surface area contributed by atoms with Crippen LogP contribution in [0, 0.1) is 0 Å². The van der Waals surface area contributed by atoms with Crippen LogP contribution in [0.2, 0.25) is 0 Å². The van der Waals surface area contributed by atoms with Crippen LogP contribution >= 0.6 is 24.0 Å². The van der Waals surface area contributed by atoms with E-state index in [-0.39, 0.29) is 24.0 Å². The summed E-state index contributed by atoms with van der Waals surface area (Å²) in [5.41, 5.74) is 3.85. The summed E-state index contributed by atoms with van der Waals surface area (Å²) in [4.78, 5) is 9.65. The van der Waals surface area contributed by atoms with E-state index < -0.39 is 0 Å². The van der Waals surface area contributed by atoms with Crippen molar-refractivity contribution in [3.05, 3.63) is 59.9 Å². The first-order valence-electron chi connectivity index (χ1n) is 10.2. The number of aryl methyl sites for hydroxylation is 1. The van der Waals surface area contributed by atoms with Gasteiger partial charge in [-0.05, 0) is 36.6 Å². The summed E-state index contributed by atoms with van der Waals surface area (Å²) in [7, 11) is 1.98. The lowest BCUT2D eigenvalue weighted by Gasteiger charge is -2.21. The zero-order valence-corrected chi connectivity index (χ0v) is 19.6. The Morgan fingerprint density at radius 3 is 2.62 bits per heavy atom. The van der Waals surface area contributed by atoms with Gasteiger partial charge in [-0.3, -0.25) is 4.68 Å². The molecule has 29 heavy (non-hydrogen) atoms. The molecule has 0 aliphatic carbocycles. The predicted octanol–water partition coefficient (Wildman–Crippen LogP) is 3.37. The standard InChI is InChI=1S/C22H30N6.HI/c1-3-23-22(28-13-10-19(17-28)20-15-25-26(2)16-20)24-14-18-6-8-21(9-7-18)27-11-4-5-12-27;/h4-9,15-16,19H,3,10-14,17H2,1-2H3,(H,23,24);1H. The molecule has 1 fully saturated rings. The number of hydrogen-bond acceptors (Lipinski definition) is 3. The minimum absolute atomic E-state index is 0. The number of benzene rings is 1. The lowest BCUT2D eigenvalue weighted by atomic mass is 10.0. The first kappa shape index (κ1) is 21.7. The number of aromatic nitrogens is 2. The van der Waals surface area contributed by atoms with Gasteiger partial charge in [-0.15, -0.1) is 24.0 Å². The summed E-state index contributed by atoms with van der Waals surface area (Å²) in [6, 6.07) is 8.81. The van der Waals surface area contributed by atoms with Crippen LogP contribution in [-0.4, -0.2) is 53.4 Å². The Bertz CT molecular complexity index is 833. The Hall–Kier alpha value is -2.03. The van der Waals surface area contributed by atoms with Gasteiger partial charge in [0.2, 0.25) is 0 Å². The van der Waals surface area contributed by atoms with Gasteiger partial charge in [-0.1, -0.05) is 24.3 Å². The molecule has 3 heterocycles. The third-order valence-electron chi connectivity index (χ3n) is 5.55. The van der Waals surface area contributed by atoms with Crippen LogP contribution in [0.4, 0.5) is 5.69 Å². The van der Waals surface area contributed by atoms with Gasteiger partial charge in [-0.2, -0.15) is 5.10 Å². The van der Waals surface area contributed by atoms with Crippen molar-refractivity contribution in [1.82, 2.24) is 20.0 Å². The molecular formula is C22H31IN6. The molecule has 1 aromatic heterocycles. The minimum Gasteiger partial charge on any atom is -0.364 e. The second kappa shape index (κ2) is 10.1. The van der Waals surface area contributed by atoms with E-state index in [4.69, 9.17) is 4.99 Å². The lowest BCUT2D eigenvalue weighted by molar-refractivity contribution is 0.486. The Labute approximate surface area is 190 Å². The number of nitrogens with zero attached hydrogens (tertiary/aromatic N) is 5. The van der Waals surface area contributed by atoms with Gasteiger partial charge in [0.1, 0.15) is 0 Å². The summed E-state index contributed by atoms with van der Waals surface area (Å²) in [6.07, 6.45) is 9.71. The van der Waals surface area contributed by atoms with Gasteiger partial charge in [0.05, 0.1) is 12.7 Å². The monoisotopic (exact) mass is 506 g/mol. The maximum atomic E-state index is 4.91. The Morgan fingerprint density at radius 1 is 1.21 bits per heavy atom. The number of likely N-dealkylation sites (tertiary alicyclic amines) is 1. The fourth-order valence-corrected chi connectivity index (χ4v) is 3.97. The van der Waals surface area contributed by atoms with E-state index in [1.165, 1.54) is 16.8 Å². The maximum Gasteiger partial charge on any atom is 0.194 e. The number of nitrogens with one attached hydrogen (secondary N) is 1. The summed E-state index contributed by atoms with van der Waals surface area (Å²) in [5, 5.41) is 7.79. The fourth-order valence-electron chi connectivity index (χ4n) is 3.97. The Kier molecular flexibility index (Phi) is 7.57. The van der Waals surface area contributed by atoms with E-state index in [0.717, 1.165) is 45.1 Å². The van der Waals surface area contributed by atoms with Gasteiger partial charge >= 0.3 is 0 Å². The molecule has 2 aromatic rings. The van der Waals surface area contributed by atoms with E-state index in [9.17, 15) is 0 Å². The van der Waals surface area contributed by atoms with E-state index >= 15 is 0 Å².